The topological polar surface area (TPSA) is 18.5 Å². The van der Waals surface area contributed by atoms with E-state index >= 15 is 0 Å². The van der Waals surface area contributed by atoms with Gasteiger partial charge in [-0.1, -0.05) is 32.1 Å². The van der Waals surface area contributed by atoms with Crippen LogP contribution in [-0.2, 0) is 9.47 Å². The summed E-state index contributed by atoms with van der Waals surface area (Å²) in [5.74, 6) is 0. The molecule has 1 fully saturated rings. The highest BCUT2D eigenvalue weighted by Crippen LogP contribution is 2.23. The predicted octanol–water partition coefficient (Wildman–Crippen LogP) is 2.52. The Hall–Kier alpha value is -0.600. The molecule has 74 valence electrons. The summed E-state index contributed by atoms with van der Waals surface area (Å²) in [6.45, 7) is 7.78. The minimum Gasteiger partial charge on any atom is -0.348 e. The molecule has 0 aromatic carbocycles. The van der Waals surface area contributed by atoms with E-state index in [-0.39, 0.29) is 11.7 Å². The molecule has 0 aromatic heterocycles. The number of hydrogen-bond donors (Lipinski definition) is 0. The molecule has 0 aliphatic carbocycles. The number of rotatable bonds is 2. The largest absolute Gasteiger partial charge is 0.348 e. The zero-order valence-corrected chi connectivity index (χ0v) is 8.62. The second kappa shape index (κ2) is 4.58. The highest BCUT2D eigenvalue weighted by Gasteiger charge is 2.26. The first kappa shape index (κ1) is 10.5. The summed E-state index contributed by atoms with van der Waals surface area (Å²) in [5.41, 5.74) is 0.158. The first-order valence-electron chi connectivity index (χ1n) is 4.67. The van der Waals surface area contributed by atoms with Crippen LogP contribution in [0.5, 0.6) is 0 Å². The third kappa shape index (κ3) is 3.75. The maximum absolute atomic E-state index is 5.50. The lowest BCUT2D eigenvalue weighted by atomic mass is 9.96. The van der Waals surface area contributed by atoms with Gasteiger partial charge in [-0.25, -0.2) is 0 Å². The molecule has 2 nitrogen and oxygen atoms in total. The van der Waals surface area contributed by atoms with Crippen LogP contribution >= 0.6 is 0 Å². The van der Waals surface area contributed by atoms with Crippen molar-refractivity contribution in [3.05, 3.63) is 24.3 Å². The van der Waals surface area contributed by atoms with E-state index in [2.05, 4.69) is 13.8 Å². The average Bonchev–Trinajstić information content (AvgIpc) is 2.08. The van der Waals surface area contributed by atoms with Gasteiger partial charge >= 0.3 is 0 Å². The molecule has 1 aliphatic heterocycles. The fraction of sp³-hybridized carbons (Fsp3) is 0.636. The third-order valence-electron chi connectivity index (χ3n) is 1.85. The van der Waals surface area contributed by atoms with E-state index in [0.29, 0.717) is 0 Å². The summed E-state index contributed by atoms with van der Waals surface area (Å²) >= 11 is 0. The van der Waals surface area contributed by atoms with Crippen LogP contribution < -0.4 is 0 Å². The van der Waals surface area contributed by atoms with Crippen LogP contribution in [0, 0.1) is 5.41 Å². The van der Waals surface area contributed by atoms with Crippen molar-refractivity contribution in [2.24, 2.45) is 5.41 Å². The lowest BCUT2D eigenvalue weighted by molar-refractivity contribution is -0.197. The van der Waals surface area contributed by atoms with Gasteiger partial charge in [-0.15, -0.1) is 0 Å². The predicted molar refractivity (Wildman–Crippen MR) is 53.4 cm³/mol. The Kier molecular flexibility index (Phi) is 3.70. The smallest absolute Gasteiger partial charge is 0.177 e. The second-order valence-corrected chi connectivity index (χ2v) is 4.07. The quantitative estimate of drug-likeness (QED) is 0.611. The SMILES string of the molecule is C/C=C/C=C/C1OCC(C)(C)CO1. The molecule has 1 saturated heterocycles. The van der Waals surface area contributed by atoms with E-state index in [1.807, 2.05) is 31.2 Å². The van der Waals surface area contributed by atoms with E-state index in [0.717, 1.165) is 13.2 Å². The molecule has 0 N–H and O–H groups in total. The first-order chi connectivity index (χ1) is 6.14. The maximum atomic E-state index is 5.50. The molecule has 0 bridgehead atoms. The molecule has 0 aromatic rings. The van der Waals surface area contributed by atoms with Crippen LogP contribution in [0.3, 0.4) is 0 Å². The van der Waals surface area contributed by atoms with Crippen LogP contribution in [-0.4, -0.2) is 19.5 Å². The highest BCUT2D eigenvalue weighted by atomic mass is 16.7. The van der Waals surface area contributed by atoms with Gasteiger partial charge in [0.2, 0.25) is 0 Å². The molecule has 1 heterocycles. The Bertz CT molecular complexity index is 194. The van der Waals surface area contributed by atoms with Gasteiger partial charge in [-0.05, 0) is 13.0 Å². The molecule has 13 heavy (non-hydrogen) atoms. The Morgan fingerprint density at radius 2 is 1.77 bits per heavy atom. The summed E-state index contributed by atoms with van der Waals surface area (Å²) in [4.78, 5) is 0. The molecule has 0 spiro atoms. The summed E-state index contributed by atoms with van der Waals surface area (Å²) in [6.07, 6.45) is 7.65. The number of hydrogen-bond acceptors (Lipinski definition) is 2. The number of ether oxygens (including phenoxy) is 2. The first-order valence-corrected chi connectivity index (χ1v) is 4.67. The minimum absolute atomic E-state index is 0.158. The van der Waals surface area contributed by atoms with Crippen molar-refractivity contribution in [3.63, 3.8) is 0 Å². The Labute approximate surface area is 80.2 Å². The molecular weight excluding hydrogens is 164 g/mol. The summed E-state index contributed by atoms with van der Waals surface area (Å²) in [6, 6.07) is 0. The lowest BCUT2D eigenvalue weighted by Crippen LogP contribution is -2.36. The molecule has 2 heteroatoms. The molecule has 0 atom stereocenters. The Balaban J connectivity index is 2.33. The molecule has 1 aliphatic rings. The normalized spacial score (nSPS) is 24.5. The van der Waals surface area contributed by atoms with Gasteiger partial charge in [0.05, 0.1) is 13.2 Å². The van der Waals surface area contributed by atoms with Crippen LogP contribution in [0.2, 0.25) is 0 Å². The van der Waals surface area contributed by atoms with Gasteiger partial charge < -0.3 is 9.47 Å². The average molecular weight is 182 g/mol. The van der Waals surface area contributed by atoms with Crippen LogP contribution in [0.1, 0.15) is 20.8 Å². The van der Waals surface area contributed by atoms with Crippen LogP contribution in [0.4, 0.5) is 0 Å². The number of allylic oxidation sites excluding steroid dienone is 3. The van der Waals surface area contributed by atoms with Gasteiger partial charge in [0, 0.05) is 5.41 Å². The molecule has 0 saturated carbocycles. The third-order valence-corrected chi connectivity index (χ3v) is 1.85. The van der Waals surface area contributed by atoms with Crippen molar-refractivity contribution >= 4 is 0 Å². The van der Waals surface area contributed by atoms with Crippen molar-refractivity contribution in [2.45, 2.75) is 27.1 Å². The van der Waals surface area contributed by atoms with Crippen molar-refractivity contribution in [3.8, 4) is 0 Å². The minimum atomic E-state index is -0.163. The molecule has 0 unspecified atom stereocenters. The Morgan fingerprint density at radius 3 is 2.31 bits per heavy atom. The van der Waals surface area contributed by atoms with Gasteiger partial charge in [-0.2, -0.15) is 0 Å². The molecule has 0 radical (unpaired) electrons. The van der Waals surface area contributed by atoms with Gasteiger partial charge in [0.1, 0.15) is 0 Å². The van der Waals surface area contributed by atoms with Crippen molar-refractivity contribution in [2.75, 3.05) is 13.2 Å². The highest BCUT2D eigenvalue weighted by molar-refractivity contribution is 5.02. The van der Waals surface area contributed by atoms with E-state index in [4.69, 9.17) is 9.47 Å². The zero-order chi connectivity index (χ0) is 9.73. The monoisotopic (exact) mass is 182 g/mol. The van der Waals surface area contributed by atoms with E-state index in [1.54, 1.807) is 0 Å². The van der Waals surface area contributed by atoms with E-state index < -0.39 is 0 Å². The zero-order valence-electron chi connectivity index (χ0n) is 8.62. The summed E-state index contributed by atoms with van der Waals surface area (Å²) in [5, 5.41) is 0. The van der Waals surface area contributed by atoms with Crippen molar-refractivity contribution in [1.82, 2.24) is 0 Å². The molecular formula is C11H18O2. The molecule has 0 amide bonds. The standard InChI is InChI=1S/C11H18O2/c1-4-5-6-7-10-12-8-11(2,3)9-13-10/h4-7,10H,8-9H2,1-3H3/b5-4+,7-6+. The second-order valence-electron chi connectivity index (χ2n) is 4.07. The van der Waals surface area contributed by atoms with Gasteiger partial charge in [-0.3, -0.25) is 0 Å². The summed E-state index contributed by atoms with van der Waals surface area (Å²) < 4.78 is 11.0. The van der Waals surface area contributed by atoms with Crippen molar-refractivity contribution in [1.29, 1.82) is 0 Å². The molecule has 1 rings (SSSR count). The fourth-order valence-corrected chi connectivity index (χ4v) is 1.08. The Morgan fingerprint density at radius 1 is 1.15 bits per heavy atom. The van der Waals surface area contributed by atoms with Gasteiger partial charge in [0.15, 0.2) is 6.29 Å². The van der Waals surface area contributed by atoms with E-state index in [1.165, 1.54) is 0 Å². The maximum Gasteiger partial charge on any atom is 0.177 e. The van der Waals surface area contributed by atoms with Crippen LogP contribution in [0.25, 0.3) is 0 Å². The summed E-state index contributed by atoms with van der Waals surface area (Å²) in [7, 11) is 0. The fourth-order valence-electron chi connectivity index (χ4n) is 1.08. The van der Waals surface area contributed by atoms with E-state index in [9.17, 15) is 0 Å². The van der Waals surface area contributed by atoms with Crippen LogP contribution in [0.15, 0.2) is 24.3 Å². The van der Waals surface area contributed by atoms with Crippen molar-refractivity contribution < 1.29 is 9.47 Å². The lowest BCUT2D eigenvalue weighted by Gasteiger charge is -2.33. The van der Waals surface area contributed by atoms with Gasteiger partial charge in [0.25, 0.3) is 0 Å².